The highest BCUT2D eigenvalue weighted by Gasteiger charge is 2.25. The van der Waals surface area contributed by atoms with Crippen LogP contribution in [0.5, 0.6) is 0 Å². The lowest BCUT2D eigenvalue weighted by atomic mass is 10.2. The van der Waals surface area contributed by atoms with E-state index >= 15 is 0 Å². The first kappa shape index (κ1) is 22.1. The zero-order valence-electron chi connectivity index (χ0n) is 15.9. The van der Waals surface area contributed by atoms with Gasteiger partial charge in [-0.15, -0.1) is 0 Å². The maximum atomic E-state index is 13.8. The maximum Gasteiger partial charge on any atom is 0.200 e. The second-order valence-corrected chi connectivity index (χ2v) is 7.62. The average molecular weight is 484 g/mol. The quantitative estimate of drug-likeness (QED) is 0.105. The summed E-state index contributed by atoms with van der Waals surface area (Å²) in [6, 6.07) is 12.4. The number of anilines is 1. The van der Waals surface area contributed by atoms with Gasteiger partial charge in [-0.2, -0.15) is 5.10 Å². The molecular weight excluding hydrogens is 472 g/mol. The van der Waals surface area contributed by atoms with Gasteiger partial charge in [-0.1, -0.05) is 47.5 Å². The van der Waals surface area contributed by atoms with E-state index in [2.05, 4.69) is 5.10 Å². The highest BCUT2D eigenvalue weighted by atomic mass is 35.5. The molecule has 32 heavy (non-hydrogen) atoms. The number of benzene rings is 3. The molecule has 4 rings (SSSR count). The van der Waals surface area contributed by atoms with Gasteiger partial charge < -0.3 is 4.57 Å². The first-order chi connectivity index (χ1) is 15.3. The van der Waals surface area contributed by atoms with Gasteiger partial charge in [0.25, 0.3) is 0 Å². The van der Waals surface area contributed by atoms with Gasteiger partial charge in [0, 0.05) is 39.3 Å². The third kappa shape index (κ3) is 4.03. The van der Waals surface area contributed by atoms with Crippen molar-refractivity contribution in [2.45, 2.75) is 6.54 Å². The van der Waals surface area contributed by atoms with Crippen LogP contribution in [0, 0.1) is 29.1 Å². The van der Waals surface area contributed by atoms with Crippen LogP contribution in [0.3, 0.4) is 0 Å². The van der Waals surface area contributed by atoms with Crippen molar-refractivity contribution in [1.82, 2.24) is 4.57 Å². The monoisotopic (exact) mass is 483 g/mol. The number of halogens is 7. The van der Waals surface area contributed by atoms with Crippen LogP contribution in [-0.4, -0.2) is 10.8 Å². The Labute approximate surface area is 188 Å². The Morgan fingerprint density at radius 1 is 0.875 bits per heavy atom. The van der Waals surface area contributed by atoms with Crippen LogP contribution in [0.15, 0.2) is 53.8 Å². The van der Waals surface area contributed by atoms with Gasteiger partial charge in [-0.05, 0) is 23.8 Å². The predicted octanol–water partition coefficient (Wildman–Crippen LogP) is 7.14. The normalized spacial score (nSPS) is 11.6. The molecule has 0 spiro atoms. The van der Waals surface area contributed by atoms with Gasteiger partial charge in [0.15, 0.2) is 23.3 Å². The lowest BCUT2D eigenvalue weighted by Crippen LogP contribution is -2.06. The summed E-state index contributed by atoms with van der Waals surface area (Å²) in [7, 11) is 0. The molecule has 3 aromatic carbocycles. The van der Waals surface area contributed by atoms with E-state index in [1.165, 1.54) is 6.21 Å². The van der Waals surface area contributed by atoms with Crippen LogP contribution in [0.1, 0.15) is 11.1 Å². The summed E-state index contributed by atoms with van der Waals surface area (Å²) in [5.74, 6) is -10.4. The maximum absolute atomic E-state index is 13.8. The van der Waals surface area contributed by atoms with Crippen molar-refractivity contribution in [3.63, 3.8) is 0 Å². The number of rotatable bonds is 5. The van der Waals surface area contributed by atoms with Crippen molar-refractivity contribution in [2.24, 2.45) is 5.10 Å². The van der Waals surface area contributed by atoms with Crippen molar-refractivity contribution in [2.75, 3.05) is 5.43 Å². The van der Waals surface area contributed by atoms with E-state index in [9.17, 15) is 22.0 Å². The number of nitrogens with one attached hydrogen (secondary N) is 1. The molecule has 0 amide bonds. The molecule has 0 bridgehead atoms. The molecule has 0 aliphatic rings. The minimum Gasteiger partial charge on any atom is -0.342 e. The third-order valence-corrected chi connectivity index (χ3v) is 5.35. The van der Waals surface area contributed by atoms with E-state index in [1.807, 2.05) is 22.1 Å². The minimum absolute atomic E-state index is 0.398. The third-order valence-electron chi connectivity index (χ3n) is 4.76. The Morgan fingerprint density at radius 3 is 2.22 bits per heavy atom. The highest BCUT2D eigenvalue weighted by molar-refractivity contribution is 6.35. The minimum atomic E-state index is -2.24. The summed E-state index contributed by atoms with van der Waals surface area (Å²) in [6.45, 7) is 0.398. The molecule has 1 heterocycles. The SMILES string of the molecule is Fc1c(F)c(F)c(N/N=C/c2cn(Cc3ccc(Cl)cc3Cl)c3ccccc23)c(F)c1F. The number of para-hydroxylation sites is 1. The fraction of sp³-hybridized carbons (Fsp3) is 0.0455. The molecule has 0 fully saturated rings. The topological polar surface area (TPSA) is 29.3 Å². The summed E-state index contributed by atoms with van der Waals surface area (Å²) in [6.07, 6.45) is 2.94. The van der Waals surface area contributed by atoms with E-state index in [0.717, 1.165) is 16.5 Å². The lowest BCUT2D eigenvalue weighted by molar-refractivity contribution is 0.381. The van der Waals surface area contributed by atoms with Crippen LogP contribution in [0.4, 0.5) is 27.6 Å². The number of nitrogens with zero attached hydrogens (tertiary/aromatic N) is 2. The smallest absolute Gasteiger partial charge is 0.200 e. The van der Waals surface area contributed by atoms with Crippen molar-refractivity contribution in [3.8, 4) is 0 Å². The molecule has 0 unspecified atom stereocenters. The lowest BCUT2D eigenvalue weighted by Gasteiger charge is -2.08. The second kappa shape index (κ2) is 8.80. The van der Waals surface area contributed by atoms with Gasteiger partial charge in [-0.25, -0.2) is 22.0 Å². The van der Waals surface area contributed by atoms with Gasteiger partial charge >= 0.3 is 0 Å². The summed E-state index contributed by atoms with van der Waals surface area (Å²) >= 11 is 12.2. The van der Waals surface area contributed by atoms with Crippen molar-refractivity contribution in [1.29, 1.82) is 0 Å². The summed E-state index contributed by atoms with van der Waals surface area (Å²) in [4.78, 5) is 0. The van der Waals surface area contributed by atoms with Crippen LogP contribution in [0.25, 0.3) is 10.9 Å². The number of hydrogen-bond acceptors (Lipinski definition) is 2. The standard InChI is InChI=1S/C22H12Cl2F5N3/c23-13-6-5-11(15(24)7-13)9-32-10-12(14-3-1-2-4-16(14)32)8-30-31-22-20(28)18(26)17(25)19(27)21(22)29/h1-8,10,31H,9H2/b30-8+. The van der Waals surface area contributed by atoms with Gasteiger partial charge in [-0.3, -0.25) is 5.43 Å². The Hall–Kier alpha value is -3.10. The van der Waals surface area contributed by atoms with E-state index < -0.39 is 34.8 Å². The molecule has 1 N–H and O–H groups in total. The Morgan fingerprint density at radius 2 is 1.53 bits per heavy atom. The first-order valence-corrected chi connectivity index (χ1v) is 9.85. The number of hydrogen-bond donors (Lipinski definition) is 1. The van der Waals surface area contributed by atoms with Crippen LogP contribution >= 0.6 is 23.2 Å². The molecule has 0 saturated carbocycles. The molecule has 0 aliphatic heterocycles. The van der Waals surface area contributed by atoms with E-state index in [1.54, 1.807) is 36.5 Å². The number of aromatic nitrogens is 1. The highest BCUT2D eigenvalue weighted by Crippen LogP contribution is 2.28. The zero-order chi connectivity index (χ0) is 23.0. The number of fused-ring (bicyclic) bond motifs is 1. The first-order valence-electron chi connectivity index (χ1n) is 9.10. The van der Waals surface area contributed by atoms with Gasteiger partial charge in [0.1, 0.15) is 5.69 Å². The molecule has 1 aromatic heterocycles. The molecule has 10 heteroatoms. The zero-order valence-corrected chi connectivity index (χ0v) is 17.5. The fourth-order valence-corrected chi connectivity index (χ4v) is 3.68. The Bertz CT molecular complexity index is 1340. The second-order valence-electron chi connectivity index (χ2n) is 6.78. The largest absolute Gasteiger partial charge is 0.342 e. The number of hydrazone groups is 1. The van der Waals surface area contributed by atoms with E-state index in [-0.39, 0.29) is 0 Å². The van der Waals surface area contributed by atoms with Crippen LogP contribution in [0.2, 0.25) is 10.0 Å². The molecule has 0 radical (unpaired) electrons. The Kier molecular flexibility index (Phi) is 6.08. The molecule has 0 aliphatic carbocycles. The molecule has 0 atom stereocenters. The van der Waals surface area contributed by atoms with Crippen molar-refractivity contribution in [3.05, 3.63) is 98.9 Å². The summed E-state index contributed by atoms with van der Waals surface area (Å²) in [5, 5.41) is 5.42. The molecule has 0 saturated heterocycles. The van der Waals surface area contributed by atoms with Crippen LogP contribution < -0.4 is 5.43 Å². The molecule has 4 aromatic rings. The molecular formula is C22H12Cl2F5N3. The average Bonchev–Trinajstić information content (AvgIpc) is 3.13. The van der Waals surface area contributed by atoms with Gasteiger partial charge in [0.05, 0.1) is 6.21 Å². The van der Waals surface area contributed by atoms with E-state index in [0.29, 0.717) is 22.2 Å². The van der Waals surface area contributed by atoms with Gasteiger partial charge in [0.2, 0.25) is 5.82 Å². The van der Waals surface area contributed by atoms with Crippen LogP contribution in [-0.2, 0) is 6.54 Å². The summed E-state index contributed by atoms with van der Waals surface area (Å²) < 4.78 is 69.4. The fourth-order valence-electron chi connectivity index (χ4n) is 3.21. The van der Waals surface area contributed by atoms with Crippen molar-refractivity contribution >= 4 is 46.0 Å². The Balaban J connectivity index is 1.67. The van der Waals surface area contributed by atoms with Crippen molar-refractivity contribution < 1.29 is 22.0 Å². The predicted molar refractivity (Wildman–Crippen MR) is 115 cm³/mol. The van der Waals surface area contributed by atoms with E-state index in [4.69, 9.17) is 23.2 Å². The molecule has 164 valence electrons. The summed E-state index contributed by atoms with van der Waals surface area (Å²) in [5.41, 5.74) is 2.83. The molecule has 3 nitrogen and oxygen atoms in total.